The number of ether oxygens (including phenoxy) is 1. The Labute approximate surface area is 318 Å². The van der Waals surface area contributed by atoms with Crippen molar-refractivity contribution in [3.8, 4) is 17.1 Å². The zero-order valence-corrected chi connectivity index (χ0v) is 31.4. The van der Waals surface area contributed by atoms with Crippen molar-refractivity contribution in [2.24, 2.45) is 5.41 Å². The lowest BCUT2D eigenvalue weighted by Gasteiger charge is -2.40. The van der Waals surface area contributed by atoms with Crippen LogP contribution in [0.2, 0.25) is 10.0 Å². The van der Waals surface area contributed by atoms with Crippen molar-refractivity contribution < 1.29 is 19.4 Å². The lowest BCUT2D eigenvalue weighted by Crippen LogP contribution is -2.48. The van der Waals surface area contributed by atoms with Crippen LogP contribution in [0.4, 0.5) is 11.4 Å². The molecule has 0 radical (unpaired) electrons. The van der Waals surface area contributed by atoms with Crippen LogP contribution < -0.4 is 20.3 Å². The van der Waals surface area contributed by atoms with Gasteiger partial charge in [0.1, 0.15) is 5.75 Å². The molecule has 4 aromatic carbocycles. The number of hydrogen-bond donors (Lipinski definition) is 4. The van der Waals surface area contributed by atoms with Gasteiger partial charge in [0, 0.05) is 51.8 Å². The van der Waals surface area contributed by atoms with E-state index in [4.69, 9.17) is 27.9 Å². The molecule has 2 aliphatic heterocycles. The zero-order chi connectivity index (χ0) is 37.5. The SMILES string of the molecule is CCOc1cc(C(=O)O)ccc1NC(=O)[C@@H]1N[C@@H](CC(C)(C)C)[C@@]2(CN(Cc3ccc(-c4nnn[nH]4)cc3)c3ccc(Cl)cc32)[C@H]1c1ccccc1Cl. The molecule has 7 rings (SSSR count). The minimum atomic E-state index is -1.08. The highest BCUT2D eigenvalue weighted by Crippen LogP contribution is 2.59. The van der Waals surface area contributed by atoms with Crippen LogP contribution in [0.3, 0.4) is 0 Å². The summed E-state index contributed by atoms with van der Waals surface area (Å²) in [4.78, 5) is 28.9. The fourth-order valence-corrected chi connectivity index (χ4v) is 8.53. The summed E-state index contributed by atoms with van der Waals surface area (Å²) in [5.41, 5.74) is 4.60. The number of aromatic carboxylic acids is 1. The molecule has 0 unspecified atom stereocenters. The number of nitrogens with one attached hydrogen (secondary N) is 3. The summed E-state index contributed by atoms with van der Waals surface area (Å²) in [6.07, 6.45) is 0.745. The van der Waals surface area contributed by atoms with Crippen molar-refractivity contribution in [2.75, 3.05) is 23.4 Å². The summed E-state index contributed by atoms with van der Waals surface area (Å²) in [5, 5.41) is 32.0. The third kappa shape index (κ3) is 7.08. The van der Waals surface area contributed by atoms with E-state index < -0.39 is 23.3 Å². The zero-order valence-electron chi connectivity index (χ0n) is 29.9. The Morgan fingerprint density at radius 1 is 1.04 bits per heavy atom. The van der Waals surface area contributed by atoms with Gasteiger partial charge in [-0.25, -0.2) is 9.89 Å². The summed E-state index contributed by atoms with van der Waals surface area (Å²) < 4.78 is 5.81. The van der Waals surface area contributed by atoms with Crippen molar-refractivity contribution >= 4 is 46.5 Å². The predicted molar refractivity (Wildman–Crippen MR) is 206 cm³/mol. The van der Waals surface area contributed by atoms with E-state index in [1.807, 2.05) is 49.4 Å². The summed E-state index contributed by atoms with van der Waals surface area (Å²) in [7, 11) is 0. The number of anilines is 2. The number of H-pyrrole nitrogens is 1. The second kappa shape index (κ2) is 14.5. The first kappa shape index (κ1) is 36.4. The molecule has 3 heterocycles. The molecular formula is C40H41Cl2N7O4. The van der Waals surface area contributed by atoms with Gasteiger partial charge in [-0.2, -0.15) is 0 Å². The number of nitrogens with zero attached hydrogens (tertiary/aromatic N) is 4. The number of amides is 1. The summed E-state index contributed by atoms with van der Waals surface area (Å²) >= 11 is 13.9. The van der Waals surface area contributed by atoms with Crippen molar-refractivity contribution in [2.45, 2.75) is 64.1 Å². The van der Waals surface area contributed by atoms with Gasteiger partial charge >= 0.3 is 5.97 Å². The van der Waals surface area contributed by atoms with Gasteiger partial charge in [-0.05, 0) is 88.3 Å². The third-order valence-electron chi connectivity index (χ3n) is 10.2. The molecule has 4 atom stereocenters. The largest absolute Gasteiger partial charge is 0.492 e. The van der Waals surface area contributed by atoms with Crippen molar-refractivity contribution in [1.29, 1.82) is 0 Å². The smallest absolute Gasteiger partial charge is 0.335 e. The average molecular weight is 755 g/mol. The van der Waals surface area contributed by atoms with Crippen LogP contribution in [0.25, 0.3) is 11.4 Å². The summed E-state index contributed by atoms with van der Waals surface area (Å²) in [6.45, 7) is 9.90. The first-order valence-electron chi connectivity index (χ1n) is 17.6. The van der Waals surface area contributed by atoms with Gasteiger partial charge in [-0.15, -0.1) is 5.10 Å². The number of carboxylic acid groups (broad SMARTS) is 1. The molecule has 274 valence electrons. The fraction of sp³-hybridized carbons (Fsp3) is 0.325. The van der Waals surface area contributed by atoms with Crippen LogP contribution in [0.15, 0.2) is 84.9 Å². The van der Waals surface area contributed by atoms with Gasteiger partial charge in [0.25, 0.3) is 0 Å². The van der Waals surface area contributed by atoms with E-state index in [-0.39, 0.29) is 28.7 Å². The highest BCUT2D eigenvalue weighted by molar-refractivity contribution is 6.31. The van der Waals surface area contributed by atoms with Gasteiger partial charge in [0.05, 0.1) is 23.9 Å². The summed E-state index contributed by atoms with van der Waals surface area (Å²) in [5.74, 6) is -0.922. The molecule has 1 spiro atoms. The molecule has 1 aromatic heterocycles. The number of halogens is 2. The topological polar surface area (TPSA) is 145 Å². The van der Waals surface area contributed by atoms with Gasteiger partial charge in [0.15, 0.2) is 5.82 Å². The van der Waals surface area contributed by atoms with Gasteiger partial charge in [-0.3, -0.25) is 4.79 Å². The Morgan fingerprint density at radius 3 is 2.49 bits per heavy atom. The lowest BCUT2D eigenvalue weighted by molar-refractivity contribution is -0.118. The second-order valence-electron chi connectivity index (χ2n) is 14.9. The molecule has 0 saturated carbocycles. The number of aromatic nitrogens is 4. The van der Waals surface area contributed by atoms with Crippen molar-refractivity contribution in [1.82, 2.24) is 25.9 Å². The molecular weight excluding hydrogens is 713 g/mol. The number of carboxylic acids is 1. The van der Waals surface area contributed by atoms with Gasteiger partial charge in [0.2, 0.25) is 5.91 Å². The molecule has 0 bridgehead atoms. The standard InChI is InChI=1S/C40H41Cl2N7O4/c1-5-53-32-18-25(38(51)52)14-16-30(32)43-37(50)35-34(27-8-6-7-9-29(27)42)40(33(44-35)20-39(2,3)4)22-49(31-17-15-26(41)19-28(31)40)21-23-10-12-24(13-11-23)36-45-47-48-46-36/h6-19,33-35,44H,5,20-22H2,1-4H3,(H,43,50)(H,51,52)(H,45,46,47,48)/t33-,34-,35+,40-/m0/s1. The summed E-state index contributed by atoms with van der Waals surface area (Å²) in [6, 6.07) is 25.5. The van der Waals surface area contributed by atoms with Crippen LogP contribution in [-0.2, 0) is 16.8 Å². The Kier molecular flexibility index (Phi) is 9.92. The fourth-order valence-electron chi connectivity index (χ4n) is 8.10. The molecule has 1 saturated heterocycles. The molecule has 4 N–H and O–H groups in total. The van der Waals surface area contributed by atoms with E-state index in [1.165, 1.54) is 12.1 Å². The number of benzene rings is 4. The molecule has 53 heavy (non-hydrogen) atoms. The Balaban J connectivity index is 1.34. The van der Waals surface area contributed by atoms with E-state index >= 15 is 0 Å². The molecule has 0 aliphatic carbocycles. The van der Waals surface area contributed by atoms with Crippen LogP contribution in [-0.4, -0.2) is 62.8 Å². The van der Waals surface area contributed by atoms with Crippen LogP contribution in [0.1, 0.15) is 67.1 Å². The first-order chi connectivity index (χ1) is 25.4. The van der Waals surface area contributed by atoms with E-state index in [9.17, 15) is 14.7 Å². The number of aromatic amines is 1. The van der Waals surface area contributed by atoms with Crippen LogP contribution >= 0.6 is 23.2 Å². The first-order valence-corrected chi connectivity index (χ1v) is 18.3. The lowest BCUT2D eigenvalue weighted by atomic mass is 9.63. The normalized spacial score (nSPS) is 20.8. The van der Waals surface area contributed by atoms with Gasteiger partial charge < -0.3 is 25.4 Å². The number of fused-ring (bicyclic) bond motifs is 2. The second-order valence-corrected chi connectivity index (χ2v) is 15.7. The number of rotatable bonds is 10. The number of hydrogen-bond acceptors (Lipinski definition) is 8. The molecule has 2 aliphatic rings. The highest BCUT2D eigenvalue weighted by atomic mass is 35.5. The molecule has 11 nitrogen and oxygen atoms in total. The minimum absolute atomic E-state index is 0.0627. The maximum atomic E-state index is 14.8. The maximum absolute atomic E-state index is 14.8. The number of tetrazole rings is 1. The highest BCUT2D eigenvalue weighted by Gasteiger charge is 2.62. The van der Waals surface area contributed by atoms with Crippen molar-refractivity contribution in [3.63, 3.8) is 0 Å². The number of carbonyl (C=O) groups is 2. The molecule has 1 fully saturated rings. The Morgan fingerprint density at radius 2 is 1.81 bits per heavy atom. The predicted octanol–water partition coefficient (Wildman–Crippen LogP) is 7.73. The number of carbonyl (C=O) groups excluding carboxylic acids is 1. The van der Waals surface area contributed by atoms with Crippen molar-refractivity contribution in [3.05, 3.63) is 117 Å². The van der Waals surface area contributed by atoms with Crippen LogP contribution in [0.5, 0.6) is 5.75 Å². The van der Waals surface area contributed by atoms with E-state index in [2.05, 4.69) is 81.2 Å². The monoisotopic (exact) mass is 753 g/mol. The van der Waals surface area contributed by atoms with E-state index in [1.54, 1.807) is 6.07 Å². The van der Waals surface area contributed by atoms with E-state index in [0.717, 1.165) is 34.4 Å². The third-order valence-corrected chi connectivity index (χ3v) is 10.8. The molecule has 5 aromatic rings. The average Bonchev–Trinajstić information content (AvgIpc) is 3.84. The van der Waals surface area contributed by atoms with Crippen LogP contribution in [0, 0.1) is 5.41 Å². The van der Waals surface area contributed by atoms with Gasteiger partial charge in [-0.1, -0.05) is 86.4 Å². The quantitative estimate of drug-likeness (QED) is 0.113. The van der Waals surface area contributed by atoms with E-state index in [0.29, 0.717) is 41.3 Å². The minimum Gasteiger partial charge on any atom is -0.492 e. The molecule has 1 amide bonds. The maximum Gasteiger partial charge on any atom is 0.335 e. The Hall–Kier alpha value is -4.97. The Bertz CT molecular complexity index is 2140. The molecule has 13 heteroatoms.